The van der Waals surface area contributed by atoms with E-state index in [2.05, 4.69) is 278 Å². The first-order valence-electron chi connectivity index (χ1n) is 25.0. The maximum Gasteiger partial charge on any atom is 0.145 e. The maximum absolute atomic E-state index is 6.14. The molecule has 0 spiro atoms. The van der Waals surface area contributed by atoms with Crippen LogP contribution in [0.3, 0.4) is 0 Å². The Hall–Kier alpha value is -9.91. The highest BCUT2D eigenvalue weighted by atomic mass is 15.2. The predicted octanol–water partition coefficient (Wildman–Crippen LogP) is 17.1. The van der Waals surface area contributed by atoms with Crippen molar-refractivity contribution >= 4 is 98.3 Å². The van der Waals surface area contributed by atoms with Gasteiger partial charge < -0.3 is 18.3 Å². The SMILES string of the molecule is c1ccc(-c2nc3c(-n4c5ccccc5c5ccccc54)c(-n4c5ccccc5c5ccccc54)c(-n4c5ccccc5c5ccccc54)c(-n4c5ccccc5c5ccccc54)c3n2-c2ccccc2)cc1. The molecule has 0 fully saturated rings. The summed E-state index contributed by atoms with van der Waals surface area (Å²) in [6.45, 7) is 0. The molecule has 0 saturated heterocycles. The van der Waals surface area contributed by atoms with Gasteiger partial charge in [0.1, 0.15) is 22.5 Å². The van der Waals surface area contributed by atoms with Crippen LogP contribution in [0.1, 0.15) is 0 Å². The molecule has 0 amide bonds. The second kappa shape index (κ2) is 15.3. The van der Waals surface area contributed by atoms with Gasteiger partial charge >= 0.3 is 0 Å². The minimum Gasteiger partial charge on any atom is -0.305 e. The summed E-state index contributed by atoms with van der Waals surface area (Å²) in [5.41, 5.74) is 16.7. The molecule has 0 aliphatic carbocycles. The van der Waals surface area contributed by atoms with Gasteiger partial charge in [-0.2, -0.15) is 0 Å². The molecule has 16 rings (SSSR count). The van der Waals surface area contributed by atoms with E-state index < -0.39 is 0 Å². The van der Waals surface area contributed by atoms with Crippen molar-refractivity contribution in [2.24, 2.45) is 0 Å². The Kier molecular flexibility index (Phi) is 8.36. The van der Waals surface area contributed by atoms with Crippen LogP contribution in [0.25, 0.3) is 138 Å². The van der Waals surface area contributed by atoms with Crippen LogP contribution in [0.5, 0.6) is 0 Å². The Bertz CT molecular complexity index is 4690. The van der Waals surface area contributed by atoms with Crippen molar-refractivity contribution in [3.05, 3.63) is 255 Å². The summed E-state index contributed by atoms with van der Waals surface area (Å²) in [4.78, 5) is 6.14. The Morgan fingerprint density at radius 2 is 0.479 bits per heavy atom. The summed E-state index contributed by atoms with van der Waals surface area (Å²) in [6.07, 6.45) is 0. The maximum atomic E-state index is 6.14. The van der Waals surface area contributed by atoms with Gasteiger partial charge in [-0.25, -0.2) is 4.98 Å². The number of aromatic nitrogens is 6. The fraction of sp³-hybridized carbons (Fsp3) is 0. The van der Waals surface area contributed by atoms with Crippen LogP contribution in [0.2, 0.25) is 0 Å². The fourth-order valence-electron chi connectivity index (χ4n) is 12.4. The van der Waals surface area contributed by atoms with E-state index in [1.54, 1.807) is 0 Å². The van der Waals surface area contributed by atoms with Crippen molar-refractivity contribution in [1.29, 1.82) is 0 Å². The second-order valence-electron chi connectivity index (χ2n) is 19.0. The zero-order valence-corrected chi connectivity index (χ0v) is 39.4. The van der Waals surface area contributed by atoms with Gasteiger partial charge in [0.15, 0.2) is 0 Å². The Labute approximate surface area is 418 Å². The molecule has 16 aromatic rings. The van der Waals surface area contributed by atoms with Crippen LogP contribution < -0.4 is 0 Å². The predicted molar refractivity (Wildman–Crippen MR) is 304 cm³/mol. The number of imidazole rings is 1. The Morgan fingerprint density at radius 1 is 0.219 bits per heavy atom. The highest BCUT2D eigenvalue weighted by Gasteiger charge is 2.35. The lowest BCUT2D eigenvalue weighted by molar-refractivity contribution is 1.02. The molecule has 5 heterocycles. The molecule has 5 aromatic heterocycles. The average Bonchev–Trinajstić information content (AvgIpc) is 4.28. The molecule has 0 N–H and O–H groups in total. The molecule has 0 radical (unpaired) electrons. The number of nitrogens with zero attached hydrogens (tertiary/aromatic N) is 6. The van der Waals surface area contributed by atoms with Gasteiger partial charge in [-0.15, -0.1) is 0 Å². The quantitative estimate of drug-likeness (QED) is 0.164. The third-order valence-corrected chi connectivity index (χ3v) is 15.3. The second-order valence-corrected chi connectivity index (χ2v) is 19.0. The van der Waals surface area contributed by atoms with Crippen molar-refractivity contribution in [2.45, 2.75) is 0 Å². The minimum atomic E-state index is 0.846. The van der Waals surface area contributed by atoms with Crippen LogP contribution in [-0.4, -0.2) is 27.8 Å². The van der Waals surface area contributed by atoms with Crippen molar-refractivity contribution in [1.82, 2.24) is 27.8 Å². The van der Waals surface area contributed by atoms with Gasteiger partial charge in [-0.05, 0) is 60.7 Å². The largest absolute Gasteiger partial charge is 0.305 e. The Morgan fingerprint density at radius 3 is 0.822 bits per heavy atom. The van der Waals surface area contributed by atoms with Crippen molar-refractivity contribution in [3.63, 3.8) is 0 Å². The third kappa shape index (κ3) is 5.49. The highest BCUT2D eigenvalue weighted by molar-refractivity contribution is 6.19. The first-order chi connectivity index (χ1) is 36.3. The number of hydrogen-bond donors (Lipinski definition) is 0. The van der Waals surface area contributed by atoms with E-state index in [9.17, 15) is 0 Å². The molecule has 0 saturated carbocycles. The monoisotopic (exact) mass is 930 g/mol. The van der Waals surface area contributed by atoms with Crippen LogP contribution in [0.4, 0.5) is 0 Å². The molecule has 11 aromatic carbocycles. The summed E-state index contributed by atoms with van der Waals surface area (Å²) in [6, 6.07) is 92.9. The van der Waals surface area contributed by atoms with E-state index in [0.717, 1.165) is 95.0 Å². The van der Waals surface area contributed by atoms with E-state index in [0.29, 0.717) is 0 Å². The third-order valence-electron chi connectivity index (χ3n) is 15.3. The first kappa shape index (κ1) is 39.9. The van der Waals surface area contributed by atoms with Gasteiger partial charge in [-0.3, -0.25) is 4.57 Å². The molecule has 73 heavy (non-hydrogen) atoms. The Balaban J connectivity index is 1.31. The number of hydrogen-bond acceptors (Lipinski definition) is 1. The minimum absolute atomic E-state index is 0.846. The summed E-state index contributed by atoms with van der Waals surface area (Å²) >= 11 is 0. The van der Waals surface area contributed by atoms with Crippen LogP contribution >= 0.6 is 0 Å². The zero-order valence-electron chi connectivity index (χ0n) is 39.4. The standard InChI is InChI=1S/C67H42N6/c1-3-23-43(24-4-1)67-68-61-62(69(67)44-25-5-2-6-26-44)64(71-55-37-17-9-29-47(55)48-30-10-18-38-56(48)71)66(73-59-41-21-13-33-51(59)52-34-14-22-42-60(52)73)65(72-57-39-19-11-31-49(57)50-32-12-20-40-58(50)72)63(61)70-53-35-15-7-27-45(53)46-28-8-16-36-54(46)70/h1-42H. The summed E-state index contributed by atoms with van der Waals surface area (Å²) in [5, 5.41) is 9.43. The van der Waals surface area contributed by atoms with Gasteiger partial charge in [0.2, 0.25) is 0 Å². The molecule has 340 valence electrons. The highest BCUT2D eigenvalue weighted by Crippen LogP contribution is 2.51. The summed E-state index contributed by atoms with van der Waals surface area (Å²) in [5.74, 6) is 0.846. The normalized spacial score (nSPS) is 12.1. The molecule has 6 heteroatoms. The molecule has 0 aliphatic rings. The molecule has 0 aliphatic heterocycles. The van der Waals surface area contributed by atoms with Crippen molar-refractivity contribution in [2.75, 3.05) is 0 Å². The molecule has 6 nitrogen and oxygen atoms in total. The van der Waals surface area contributed by atoms with Crippen molar-refractivity contribution < 1.29 is 0 Å². The lowest BCUT2D eigenvalue weighted by Gasteiger charge is -2.27. The van der Waals surface area contributed by atoms with Crippen LogP contribution in [0.15, 0.2) is 255 Å². The van der Waals surface area contributed by atoms with E-state index in [1.165, 1.54) is 43.1 Å². The number of fused-ring (bicyclic) bond motifs is 13. The molecule has 0 bridgehead atoms. The van der Waals surface area contributed by atoms with Gasteiger partial charge in [0.05, 0.1) is 61.2 Å². The average molecular weight is 931 g/mol. The fourth-order valence-corrected chi connectivity index (χ4v) is 12.4. The number of benzene rings is 11. The lowest BCUT2D eigenvalue weighted by atomic mass is 10.1. The van der Waals surface area contributed by atoms with Gasteiger partial charge in [0, 0.05) is 54.3 Å². The molecule has 0 unspecified atom stereocenters. The van der Waals surface area contributed by atoms with Crippen LogP contribution in [0, 0.1) is 0 Å². The number of rotatable bonds is 6. The smallest absolute Gasteiger partial charge is 0.145 e. The van der Waals surface area contributed by atoms with E-state index >= 15 is 0 Å². The summed E-state index contributed by atoms with van der Waals surface area (Å²) < 4.78 is 12.6. The lowest BCUT2D eigenvalue weighted by Crippen LogP contribution is -2.15. The van der Waals surface area contributed by atoms with Gasteiger partial charge in [-0.1, -0.05) is 194 Å². The van der Waals surface area contributed by atoms with E-state index in [1.807, 2.05) is 0 Å². The van der Waals surface area contributed by atoms with Gasteiger partial charge in [0.25, 0.3) is 0 Å². The molecule has 0 atom stereocenters. The van der Waals surface area contributed by atoms with Crippen molar-refractivity contribution in [3.8, 4) is 39.8 Å². The van der Waals surface area contributed by atoms with Crippen LogP contribution in [-0.2, 0) is 0 Å². The molecular weight excluding hydrogens is 889 g/mol. The topological polar surface area (TPSA) is 37.5 Å². The zero-order chi connectivity index (χ0) is 47.7. The van der Waals surface area contributed by atoms with E-state index in [-0.39, 0.29) is 0 Å². The summed E-state index contributed by atoms with van der Waals surface area (Å²) in [7, 11) is 0. The first-order valence-corrected chi connectivity index (χ1v) is 25.0. The number of para-hydroxylation sites is 9. The van der Waals surface area contributed by atoms with E-state index in [4.69, 9.17) is 4.98 Å². The molecular formula is C67H42N6.